The number of benzene rings is 2. The van der Waals surface area contributed by atoms with Gasteiger partial charge >= 0.3 is 5.97 Å². The molecule has 1 atom stereocenters. The number of amides is 1. The number of carboxylic acid groups (broad SMARTS) is 1. The van der Waals surface area contributed by atoms with Crippen LogP contribution in [0.3, 0.4) is 0 Å². The largest absolute Gasteiger partial charge is 0.497 e. The Bertz CT molecular complexity index is 850. The van der Waals surface area contributed by atoms with Gasteiger partial charge in [-0.05, 0) is 36.2 Å². The smallest absolute Gasteiger partial charge is 0.341 e. The lowest BCUT2D eigenvalue weighted by atomic mass is 9.84. The molecule has 0 bridgehead atoms. The number of nitrogens with two attached hydrogens (primary N) is 1. The van der Waals surface area contributed by atoms with E-state index in [0.29, 0.717) is 24.2 Å². The highest BCUT2D eigenvalue weighted by atomic mass is 16.5. The van der Waals surface area contributed by atoms with Gasteiger partial charge in [0.05, 0.1) is 19.2 Å². The third kappa shape index (κ3) is 2.97. The first kappa shape index (κ1) is 17.8. The van der Waals surface area contributed by atoms with E-state index >= 15 is 0 Å². The zero-order valence-corrected chi connectivity index (χ0v) is 14.3. The van der Waals surface area contributed by atoms with Crippen LogP contribution in [0.15, 0.2) is 42.5 Å². The summed E-state index contributed by atoms with van der Waals surface area (Å²) in [5.74, 6) is -0.859. The number of rotatable bonds is 2. The van der Waals surface area contributed by atoms with Crippen LogP contribution in [-0.4, -0.2) is 35.7 Å². The highest BCUT2D eigenvalue weighted by molar-refractivity contribution is 6.04. The number of ether oxygens (including phenoxy) is 1. The molecule has 0 radical (unpaired) electrons. The maximum absolute atomic E-state index is 11.8. The SMILES string of the molecule is COc1ccc(N)cc1.O=C1CC(O)(C(=O)O)c2cccc3c2N1CC3. The van der Waals surface area contributed by atoms with Crippen LogP contribution in [0, 0.1) is 0 Å². The molecule has 2 heterocycles. The summed E-state index contributed by atoms with van der Waals surface area (Å²) in [5.41, 5.74) is 5.96. The molecule has 2 aliphatic rings. The van der Waals surface area contributed by atoms with Gasteiger partial charge in [0.1, 0.15) is 5.75 Å². The quantitative estimate of drug-likeness (QED) is 0.703. The molecule has 0 fully saturated rings. The monoisotopic (exact) mass is 356 g/mol. The minimum Gasteiger partial charge on any atom is -0.497 e. The summed E-state index contributed by atoms with van der Waals surface area (Å²) in [4.78, 5) is 24.6. The van der Waals surface area contributed by atoms with Gasteiger partial charge in [-0.2, -0.15) is 0 Å². The van der Waals surface area contributed by atoms with Crippen LogP contribution in [0.25, 0.3) is 0 Å². The molecular weight excluding hydrogens is 336 g/mol. The van der Waals surface area contributed by atoms with Crippen molar-refractivity contribution >= 4 is 23.3 Å². The van der Waals surface area contributed by atoms with Crippen molar-refractivity contribution in [1.82, 2.24) is 0 Å². The molecule has 0 spiro atoms. The van der Waals surface area contributed by atoms with Gasteiger partial charge < -0.3 is 25.6 Å². The van der Waals surface area contributed by atoms with Crippen LogP contribution >= 0.6 is 0 Å². The van der Waals surface area contributed by atoms with Crippen molar-refractivity contribution in [2.75, 3.05) is 24.3 Å². The maximum Gasteiger partial charge on any atom is 0.341 e. The Morgan fingerprint density at radius 2 is 1.92 bits per heavy atom. The van der Waals surface area contributed by atoms with E-state index in [2.05, 4.69) is 0 Å². The van der Waals surface area contributed by atoms with Crippen molar-refractivity contribution < 1.29 is 24.5 Å². The zero-order valence-electron chi connectivity index (χ0n) is 14.3. The molecule has 4 rings (SSSR count). The molecule has 0 saturated carbocycles. The number of aliphatic carboxylic acids is 1. The Kier molecular flexibility index (Phi) is 4.56. The molecule has 7 nitrogen and oxygen atoms in total. The first-order valence-corrected chi connectivity index (χ1v) is 8.15. The molecular formula is C19H20N2O5. The summed E-state index contributed by atoms with van der Waals surface area (Å²) in [6, 6.07) is 12.4. The van der Waals surface area contributed by atoms with Gasteiger partial charge in [0.2, 0.25) is 5.91 Å². The summed E-state index contributed by atoms with van der Waals surface area (Å²) in [7, 11) is 1.63. The number of hydrogen-bond donors (Lipinski definition) is 3. The molecule has 0 saturated heterocycles. The fourth-order valence-corrected chi connectivity index (χ4v) is 3.24. The molecule has 2 aliphatic heterocycles. The molecule has 26 heavy (non-hydrogen) atoms. The maximum atomic E-state index is 11.8. The third-order valence-corrected chi connectivity index (χ3v) is 4.62. The van der Waals surface area contributed by atoms with Gasteiger partial charge in [0.15, 0.2) is 5.60 Å². The Morgan fingerprint density at radius 1 is 1.23 bits per heavy atom. The fraction of sp³-hybridized carbons (Fsp3) is 0.263. The van der Waals surface area contributed by atoms with Crippen molar-refractivity contribution in [3.63, 3.8) is 0 Å². The lowest BCUT2D eigenvalue weighted by Crippen LogP contribution is -2.47. The molecule has 0 aliphatic carbocycles. The van der Waals surface area contributed by atoms with Crippen LogP contribution in [0.1, 0.15) is 17.5 Å². The normalized spacial score (nSPS) is 20.1. The Hall–Kier alpha value is -3.06. The second-order valence-electron chi connectivity index (χ2n) is 6.22. The zero-order chi connectivity index (χ0) is 18.9. The van der Waals surface area contributed by atoms with Gasteiger partial charge in [-0.25, -0.2) is 4.79 Å². The molecule has 1 amide bonds. The minimum absolute atomic E-state index is 0.327. The van der Waals surface area contributed by atoms with Gasteiger partial charge in [-0.3, -0.25) is 4.79 Å². The molecule has 0 aromatic heterocycles. The van der Waals surface area contributed by atoms with Gasteiger partial charge in [-0.15, -0.1) is 0 Å². The number of carboxylic acids is 1. The number of hydrogen-bond acceptors (Lipinski definition) is 5. The number of carbonyl (C=O) groups is 2. The average Bonchev–Trinajstić information content (AvgIpc) is 3.06. The second-order valence-corrected chi connectivity index (χ2v) is 6.22. The van der Waals surface area contributed by atoms with Gasteiger partial charge in [0, 0.05) is 17.8 Å². The molecule has 136 valence electrons. The summed E-state index contributed by atoms with van der Waals surface area (Å²) < 4.78 is 4.91. The van der Waals surface area contributed by atoms with E-state index < -0.39 is 18.0 Å². The van der Waals surface area contributed by atoms with Crippen LogP contribution in [0.2, 0.25) is 0 Å². The Labute approximate surface area is 150 Å². The lowest BCUT2D eigenvalue weighted by molar-refractivity contribution is -0.163. The second kappa shape index (κ2) is 6.68. The first-order chi connectivity index (χ1) is 12.4. The van der Waals surface area contributed by atoms with Crippen molar-refractivity contribution in [2.24, 2.45) is 0 Å². The number of nitrogens with zero attached hydrogens (tertiary/aromatic N) is 1. The topological polar surface area (TPSA) is 113 Å². The summed E-state index contributed by atoms with van der Waals surface area (Å²) in [6.07, 6.45) is 0.323. The highest BCUT2D eigenvalue weighted by Gasteiger charge is 2.49. The van der Waals surface area contributed by atoms with Crippen LogP contribution < -0.4 is 15.4 Å². The summed E-state index contributed by atoms with van der Waals surface area (Å²) >= 11 is 0. The fourth-order valence-electron chi connectivity index (χ4n) is 3.24. The summed E-state index contributed by atoms with van der Waals surface area (Å²) in [5, 5.41) is 19.3. The van der Waals surface area contributed by atoms with Crippen LogP contribution in [-0.2, 0) is 21.6 Å². The number of anilines is 2. The van der Waals surface area contributed by atoms with E-state index in [0.717, 1.165) is 17.0 Å². The van der Waals surface area contributed by atoms with E-state index in [1.807, 2.05) is 18.2 Å². The predicted molar refractivity (Wildman–Crippen MR) is 96.1 cm³/mol. The van der Waals surface area contributed by atoms with E-state index in [-0.39, 0.29) is 5.91 Å². The predicted octanol–water partition coefficient (Wildman–Crippen LogP) is 1.53. The molecule has 7 heteroatoms. The lowest BCUT2D eigenvalue weighted by Gasteiger charge is -2.34. The highest BCUT2D eigenvalue weighted by Crippen LogP contribution is 2.44. The molecule has 4 N–H and O–H groups in total. The first-order valence-electron chi connectivity index (χ1n) is 8.15. The molecule has 2 aromatic rings. The van der Waals surface area contributed by atoms with Crippen LogP contribution in [0.5, 0.6) is 5.75 Å². The van der Waals surface area contributed by atoms with E-state index in [1.54, 1.807) is 36.3 Å². The van der Waals surface area contributed by atoms with Crippen molar-refractivity contribution in [3.05, 3.63) is 53.6 Å². The van der Waals surface area contributed by atoms with Crippen molar-refractivity contribution in [3.8, 4) is 5.75 Å². The standard InChI is InChI=1S/C12H11NO4.C7H9NO/c14-9-6-12(17,11(15)16)8-3-1-2-7-4-5-13(9)10(7)8;1-9-7-4-2-6(8)3-5-7/h1-3,17H,4-6H2,(H,15,16);2-5H,8H2,1H3. The Morgan fingerprint density at radius 3 is 2.54 bits per heavy atom. The number of nitrogen functional groups attached to an aromatic ring is 1. The average molecular weight is 356 g/mol. The van der Waals surface area contributed by atoms with Crippen molar-refractivity contribution in [1.29, 1.82) is 0 Å². The Balaban J connectivity index is 0.000000185. The minimum atomic E-state index is -2.08. The number of methoxy groups -OCH3 is 1. The van der Waals surface area contributed by atoms with Crippen molar-refractivity contribution in [2.45, 2.75) is 18.4 Å². The number of aliphatic hydroxyl groups is 1. The summed E-state index contributed by atoms with van der Waals surface area (Å²) in [6.45, 7) is 0.570. The van der Waals surface area contributed by atoms with Gasteiger partial charge in [-0.1, -0.05) is 18.2 Å². The third-order valence-electron chi connectivity index (χ3n) is 4.62. The number of para-hydroxylation sites is 1. The van der Waals surface area contributed by atoms with Gasteiger partial charge in [0.25, 0.3) is 0 Å². The van der Waals surface area contributed by atoms with E-state index in [4.69, 9.17) is 15.6 Å². The molecule has 1 unspecified atom stereocenters. The molecule has 2 aromatic carbocycles. The van der Waals surface area contributed by atoms with Crippen LogP contribution in [0.4, 0.5) is 11.4 Å². The van der Waals surface area contributed by atoms with E-state index in [9.17, 15) is 14.7 Å². The number of carbonyl (C=O) groups excluding carboxylic acids is 1. The van der Waals surface area contributed by atoms with E-state index in [1.165, 1.54) is 0 Å².